The number of ether oxygens (including phenoxy) is 1. The van der Waals surface area contributed by atoms with Crippen molar-refractivity contribution in [3.8, 4) is 0 Å². The van der Waals surface area contributed by atoms with Crippen LogP contribution in [0.1, 0.15) is 12.0 Å². The summed E-state index contributed by atoms with van der Waals surface area (Å²) in [6.45, 7) is 2.43. The standard InChI is InChI=1S/C12H17ClN2O4/c1-8-5-11(10(13)6-12(8)15(17)18)14-4-3-9(16)7-19-2/h5-6,9,14,16H,3-4,7H2,1-2H3. The van der Waals surface area contributed by atoms with Gasteiger partial charge < -0.3 is 15.2 Å². The van der Waals surface area contributed by atoms with Crippen LogP contribution in [0, 0.1) is 17.0 Å². The van der Waals surface area contributed by atoms with Crippen LogP contribution in [0.5, 0.6) is 0 Å². The van der Waals surface area contributed by atoms with Gasteiger partial charge in [-0.05, 0) is 19.4 Å². The third kappa shape index (κ3) is 4.66. The Morgan fingerprint density at radius 2 is 2.26 bits per heavy atom. The van der Waals surface area contributed by atoms with Gasteiger partial charge in [-0.25, -0.2) is 0 Å². The van der Waals surface area contributed by atoms with Crippen LogP contribution >= 0.6 is 11.6 Å². The minimum absolute atomic E-state index is 0.00466. The number of hydrogen-bond donors (Lipinski definition) is 2. The van der Waals surface area contributed by atoms with Crippen molar-refractivity contribution in [2.75, 3.05) is 25.6 Å². The topological polar surface area (TPSA) is 84.6 Å². The maximum Gasteiger partial charge on any atom is 0.273 e. The van der Waals surface area contributed by atoms with E-state index in [-0.39, 0.29) is 12.3 Å². The summed E-state index contributed by atoms with van der Waals surface area (Å²) in [5, 5.41) is 23.6. The molecule has 6 nitrogen and oxygen atoms in total. The number of aliphatic hydroxyl groups excluding tert-OH is 1. The first-order valence-corrected chi connectivity index (χ1v) is 6.19. The first-order valence-electron chi connectivity index (χ1n) is 5.81. The molecule has 1 atom stereocenters. The summed E-state index contributed by atoms with van der Waals surface area (Å²) in [4.78, 5) is 10.3. The number of halogens is 1. The highest BCUT2D eigenvalue weighted by Crippen LogP contribution is 2.30. The molecule has 19 heavy (non-hydrogen) atoms. The van der Waals surface area contributed by atoms with E-state index in [9.17, 15) is 15.2 Å². The lowest BCUT2D eigenvalue weighted by Crippen LogP contribution is -2.18. The van der Waals surface area contributed by atoms with Crippen molar-refractivity contribution in [2.45, 2.75) is 19.4 Å². The van der Waals surface area contributed by atoms with E-state index in [0.29, 0.717) is 29.2 Å². The molecule has 1 aromatic carbocycles. The van der Waals surface area contributed by atoms with Crippen LogP contribution in [-0.2, 0) is 4.74 Å². The highest BCUT2D eigenvalue weighted by atomic mass is 35.5. The lowest BCUT2D eigenvalue weighted by atomic mass is 10.1. The number of aryl methyl sites for hydroxylation is 1. The summed E-state index contributed by atoms with van der Waals surface area (Å²) in [5.74, 6) is 0. The molecule has 2 N–H and O–H groups in total. The maximum atomic E-state index is 10.7. The van der Waals surface area contributed by atoms with Gasteiger partial charge in [0.1, 0.15) is 0 Å². The van der Waals surface area contributed by atoms with Gasteiger partial charge in [0, 0.05) is 25.3 Å². The van der Waals surface area contributed by atoms with Gasteiger partial charge in [-0.3, -0.25) is 10.1 Å². The Morgan fingerprint density at radius 1 is 1.58 bits per heavy atom. The first-order chi connectivity index (χ1) is 8.95. The number of nitro benzene ring substituents is 1. The number of nitro groups is 1. The fourth-order valence-electron chi connectivity index (χ4n) is 1.65. The highest BCUT2D eigenvalue weighted by Gasteiger charge is 2.14. The van der Waals surface area contributed by atoms with E-state index < -0.39 is 11.0 Å². The number of nitrogens with one attached hydrogen (secondary N) is 1. The minimum Gasteiger partial charge on any atom is -0.391 e. The monoisotopic (exact) mass is 288 g/mol. The summed E-state index contributed by atoms with van der Waals surface area (Å²) in [5.41, 5.74) is 1.15. The van der Waals surface area contributed by atoms with Crippen molar-refractivity contribution in [3.05, 3.63) is 32.8 Å². The minimum atomic E-state index is -0.546. The molecule has 1 unspecified atom stereocenters. The van der Waals surface area contributed by atoms with Crippen molar-refractivity contribution < 1.29 is 14.8 Å². The molecule has 0 amide bonds. The molecule has 0 saturated heterocycles. The Kier molecular flexibility index (Phi) is 6.01. The van der Waals surface area contributed by atoms with Gasteiger partial charge in [-0.1, -0.05) is 11.6 Å². The molecule has 0 aliphatic carbocycles. The zero-order valence-corrected chi connectivity index (χ0v) is 11.6. The first kappa shape index (κ1) is 15.7. The van der Waals surface area contributed by atoms with Crippen LogP contribution in [0.15, 0.2) is 12.1 Å². The quantitative estimate of drug-likeness (QED) is 0.594. The number of hydrogen-bond acceptors (Lipinski definition) is 5. The van der Waals surface area contributed by atoms with Gasteiger partial charge in [0.15, 0.2) is 0 Å². The normalized spacial score (nSPS) is 12.2. The second-order valence-electron chi connectivity index (χ2n) is 4.20. The third-order valence-electron chi connectivity index (χ3n) is 2.63. The van der Waals surface area contributed by atoms with Crippen LogP contribution in [0.25, 0.3) is 0 Å². The summed E-state index contributed by atoms with van der Waals surface area (Å²) in [6.07, 6.45) is -0.0457. The van der Waals surface area contributed by atoms with Gasteiger partial charge in [-0.15, -0.1) is 0 Å². The van der Waals surface area contributed by atoms with Gasteiger partial charge in [-0.2, -0.15) is 0 Å². The summed E-state index contributed by atoms with van der Waals surface area (Å²) >= 11 is 5.97. The Balaban J connectivity index is 2.65. The number of methoxy groups -OCH3 is 1. The summed E-state index contributed by atoms with van der Waals surface area (Å²) in [7, 11) is 1.52. The second kappa shape index (κ2) is 7.28. The van der Waals surface area contributed by atoms with Gasteiger partial charge >= 0.3 is 0 Å². The number of nitrogens with zero attached hydrogens (tertiary/aromatic N) is 1. The number of rotatable bonds is 7. The molecule has 1 aromatic rings. The SMILES string of the molecule is COCC(O)CCNc1cc(C)c([N+](=O)[O-])cc1Cl. The number of anilines is 1. The largest absolute Gasteiger partial charge is 0.391 e. The van der Waals surface area contributed by atoms with Gasteiger partial charge in [0.05, 0.1) is 28.3 Å². The Morgan fingerprint density at radius 3 is 2.84 bits per heavy atom. The molecule has 0 aliphatic rings. The average molecular weight is 289 g/mol. The van der Waals surface area contributed by atoms with Crippen LogP contribution < -0.4 is 5.32 Å². The fraction of sp³-hybridized carbons (Fsp3) is 0.500. The van der Waals surface area contributed by atoms with Crippen LogP contribution in [0.2, 0.25) is 5.02 Å². The zero-order valence-electron chi connectivity index (χ0n) is 10.9. The van der Waals surface area contributed by atoms with Crippen molar-refractivity contribution in [2.24, 2.45) is 0 Å². The molecule has 0 fully saturated rings. The van der Waals surface area contributed by atoms with Crippen LogP contribution in [0.4, 0.5) is 11.4 Å². The van der Waals surface area contributed by atoms with Crippen LogP contribution in [-0.4, -0.2) is 36.4 Å². The van der Waals surface area contributed by atoms with Gasteiger partial charge in [0.25, 0.3) is 5.69 Å². The van der Waals surface area contributed by atoms with Crippen molar-refractivity contribution in [1.82, 2.24) is 0 Å². The molecule has 0 bridgehead atoms. The molecule has 0 radical (unpaired) electrons. The molecular formula is C12H17ClN2O4. The van der Waals surface area contributed by atoms with Crippen molar-refractivity contribution in [3.63, 3.8) is 0 Å². The summed E-state index contributed by atoms with van der Waals surface area (Å²) < 4.78 is 4.81. The molecular weight excluding hydrogens is 272 g/mol. The Bertz CT molecular complexity index is 454. The average Bonchev–Trinajstić information content (AvgIpc) is 2.33. The molecule has 7 heteroatoms. The van der Waals surface area contributed by atoms with E-state index in [1.807, 2.05) is 0 Å². The molecule has 0 heterocycles. The smallest absolute Gasteiger partial charge is 0.273 e. The Hall–Kier alpha value is -1.37. The summed E-state index contributed by atoms with van der Waals surface area (Å²) in [6, 6.07) is 2.95. The lowest BCUT2D eigenvalue weighted by Gasteiger charge is -2.12. The van der Waals surface area contributed by atoms with E-state index in [0.717, 1.165) is 0 Å². The van der Waals surface area contributed by atoms with E-state index in [1.54, 1.807) is 13.0 Å². The van der Waals surface area contributed by atoms with Crippen molar-refractivity contribution in [1.29, 1.82) is 0 Å². The second-order valence-corrected chi connectivity index (χ2v) is 4.61. The Labute approximate surface area is 116 Å². The zero-order chi connectivity index (χ0) is 14.4. The molecule has 0 saturated carbocycles. The van der Waals surface area contributed by atoms with Crippen molar-refractivity contribution >= 4 is 23.0 Å². The fourth-order valence-corrected chi connectivity index (χ4v) is 1.88. The number of benzene rings is 1. The third-order valence-corrected chi connectivity index (χ3v) is 2.95. The predicted molar refractivity (Wildman–Crippen MR) is 73.8 cm³/mol. The number of aliphatic hydroxyl groups is 1. The molecule has 1 rings (SSSR count). The molecule has 0 aromatic heterocycles. The maximum absolute atomic E-state index is 10.7. The molecule has 0 aliphatic heterocycles. The van der Waals surface area contributed by atoms with E-state index >= 15 is 0 Å². The highest BCUT2D eigenvalue weighted by molar-refractivity contribution is 6.33. The lowest BCUT2D eigenvalue weighted by molar-refractivity contribution is -0.385. The molecule has 106 valence electrons. The van der Waals surface area contributed by atoms with E-state index in [2.05, 4.69) is 5.32 Å². The molecule has 0 spiro atoms. The van der Waals surface area contributed by atoms with Crippen LogP contribution in [0.3, 0.4) is 0 Å². The predicted octanol–water partition coefficient (Wildman–Crippen LogP) is 2.37. The van der Waals surface area contributed by atoms with E-state index in [1.165, 1.54) is 13.2 Å². The van der Waals surface area contributed by atoms with E-state index in [4.69, 9.17) is 16.3 Å². The van der Waals surface area contributed by atoms with Gasteiger partial charge in [0.2, 0.25) is 0 Å².